The van der Waals surface area contributed by atoms with E-state index in [0.717, 1.165) is 10.7 Å². The van der Waals surface area contributed by atoms with Crippen LogP contribution < -0.4 is 0 Å². The minimum atomic E-state index is -0.0613. The van der Waals surface area contributed by atoms with Crippen LogP contribution in [0.25, 0.3) is 17.3 Å². The maximum atomic E-state index is 12.9. The minimum Gasteiger partial charge on any atom is -0.461 e. The number of hydrogen-bond donors (Lipinski definition) is 0. The van der Waals surface area contributed by atoms with Crippen molar-refractivity contribution in [2.45, 2.75) is 37.0 Å². The Morgan fingerprint density at radius 3 is 2.71 bits per heavy atom. The average molecular weight is 516 g/mol. The first-order valence-corrected chi connectivity index (χ1v) is 13.0. The lowest BCUT2D eigenvalue weighted by molar-refractivity contribution is -0.0587. The molecule has 4 heterocycles. The highest BCUT2D eigenvalue weighted by Crippen LogP contribution is 2.33. The molecule has 2 atom stereocenters. The molecule has 0 N–H and O–H groups in total. The highest BCUT2D eigenvalue weighted by Gasteiger charge is 2.28. The number of ether oxygens (including phenoxy) is 1. The highest BCUT2D eigenvalue weighted by atomic mass is 35.5. The van der Waals surface area contributed by atoms with Crippen LogP contribution in [0.4, 0.5) is 0 Å². The van der Waals surface area contributed by atoms with E-state index in [1.54, 1.807) is 12.3 Å². The molecule has 4 aromatic rings. The van der Waals surface area contributed by atoms with Gasteiger partial charge in [-0.1, -0.05) is 35.5 Å². The predicted molar refractivity (Wildman–Crippen MR) is 132 cm³/mol. The van der Waals surface area contributed by atoms with E-state index in [1.165, 1.54) is 23.1 Å². The van der Waals surface area contributed by atoms with Crippen LogP contribution in [0.2, 0.25) is 5.02 Å². The predicted octanol–water partition coefficient (Wildman–Crippen LogP) is 5.18. The molecule has 1 aromatic carbocycles. The maximum absolute atomic E-state index is 12.9. The lowest BCUT2D eigenvalue weighted by Gasteiger charge is -2.34. The quantitative estimate of drug-likeness (QED) is 0.327. The van der Waals surface area contributed by atoms with Gasteiger partial charge in [-0.3, -0.25) is 9.36 Å². The summed E-state index contributed by atoms with van der Waals surface area (Å²) in [7, 11) is 0. The Morgan fingerprint density at radius 2 is 1.97 bits per heavy atom. The van der Waals surface area contributed by atoms with Gasteiger partial charge in [0.15, 0.2) is 10.9 Å². The Kier molecular flexibility index (Phi) is 6.73. The number of nitrogens with zero attached hydrogens (tertiary/aromatic N) is 5. The Labute approximate surface area is 209 Å². The van der Waals surface area contributed by atoms with Crippen LogP contribution in [0.5, 0.6) is 0 Å². The normalized spacial score (nSPS) is 18.4. The van der Waals surface area contributed by atoms with Crippen molar-refractivity contribution in [3.8, 4) is 17.3 Å². The van der Waals surface area contributed by atoms with Crippen molar-refractivity contribution < 1.29 is 13.9 Å². The van der Waals surface area contributed by atoms with Gasteiger partial charge in [0.05, 0.1) is 34.9 Å². The molecule has 0 radical (unpaired) electrons. The first-order chi connectivity index (χ1) is 16.5. The molecule has 5 rings (SSSR count). The van der Waals surface area contributed by atoms with Crippen molar-refractivity contribution in [2.24, 2.45) is 0 Å². The summed E-state index contributed by atoms with van der Waals surface area (Å²) in [6.45, 7) is 5.10. The van der Waals surface area contributed by atoms with Gasteiger partial charge in [-0.05, 0) is 38.1 Å². The molecule has 0 bridgehead atoms. The number of rotatable bonds is 6. The summed E-state index contributed by atoms with van der Waals surface area (Å²) < 4.78 is 13.2. The van der Waals surface area contributed by atoms with E-state index in [9.17, 15) is 4.79 Å². The molecular weight excluding hydrogens is 494 g/mol. The average Bonchev–Trinajstić information content (AvgIpc) is 3.57. The van der Waals surface area contributed by atoms with Gasteiger partial charge in [-0.25, -0.2) is 4.98 Å². The summed E-state index contributed by atoms with van der Waals surface area (Å²) in [5, 5.41) is 12.6. The van der Waals surface area contributed by atoms with Crippen molar-refractivity contribution in [3.05, 3.63) is 63.8 Å². The number of carbonyl (C=O) groups is 1. The van der Waals surface area contributed by atoms with Gasteiger partial charge >= 0.3 is 0 Å². The number of benzene rings is 1. The molecule has 0 spiro atoms. The molecule has 1 fully saturated rings. The van der Waals surface area contributed by atoms with E-state index in [0.29, 0.717) is 46.3 Å². The number of amides is 1. The molecule has 0 saturated carbocycles. The Hall–Kier alpha value is -2.66. The third-order valence-electron chi connectivity index (χ3n) is 5.27. The number of furan rings is 1. The van der Waals surface area contributed by atoms with Crippen LogP contribution in [0.15, 0.2) is 57.6 Å². The summed E-state index contributed by atoms with van der Waals surface area (Å²) >= 11 is 9.43. The van der Waals surface area contributed by atoms with Crippen LogP contribution in [-0.2, 0) is 10.5 Å². The standard InChI is InChI=1S/C23H22ClN5O3S2/c1-14-10-28(11-15(2)32-14)22(30)17-12-33-20(25-17)13-34-23-27-26-21(19-8-5-9-31-19)29(23)18-7-4-3-6-16(18)24/h3-9,12,14-15H,10-11,13H2,1-2H3. The summed E-state index contributed by atoms with van der Waals surface area (Å²) in [6, 6.07) is 11.2. The molecule has 1 aliphatic heterocycles. The molecule has 176 valence electrons. The fourth-order valence-corrected chi connectivity index (χ4v) is 5.84. The first-order valence-electron chi connectivity index (χ1n) is 10.8. The van der Waals surface area contributed by atoms with Gasteiger partial charge in [0.2, 0.25) is 5.82 Å². The van der Waals surface area contributed by atoms with E-state index >= 15 is 0 Å². The highest BCUT2D eigenvalue weighted by molar-refractivity contribution is 7.98. The fourth-order valence-electron chi connectivity index (χ4n) is 3.89. The van der Waals surface area contributed by atoms with Gasteiger partial charge in [0.25, 0.3) is 5.91 Å². The largest absolute Gasteiger partial charge is 0.461 e. The maximum Gasteiger partial charge on any atom is 0.273 e. The number of morpholine rings is 1. The number of para-hydroxylation sites is 1. The zero-order valence-electron chi connectivity index (χ0n) is 18.6. The van der Waals surface area contributed by atoms with Crippen LogP contribution >= 0.6 is 34.7 Å². The van der Waals surface area contributed by atoms with Gasteiger partial charge in [-0.15, -0.1) is 21.5 Å². The lowest BCUT2D eigenvalue weighted by Crippen LogP contribution is -2.48. The van der Waals surface area contributed by atoms with Crippen molar-refractivity contribution in [1.82, 2.24) is 24.6 Å². The van der Waals surface area contributed by atoms with Gasteiger partial charge < -0.3 is 14.1 Å². The van der Waals surface area contributed by atoms with Crippen LogP contribution in [0.3, 0.4) is 0 Å². The van der Waals surface area contributed by atoms with Crippen molar-refractivity contribution >= 4 is 40.6 Å². The van der Waals surface area contributed by atoms with Crippen molar-refractivity contribution in [3.63, 3.8) is 0 Å². The molecule has 11 heteroatoms. The fraction of sp³-hybridized carbons (Fsp3) is 0.304. The number of aromatic nitrogens is 4. The molecule has 1 saturated heterocycles. The van der Waals surface area contributed by atoms with E-state index in [1.807, 2.05) is 59.0 Å². The lowest BCUT2D eigenvalue weighted by atomic mass is 10.2. The van der Waals surface area contributed by atoms with E-state index < -0.39 is 0 Å². The smallest absolute Gasteiger partial charge is 0.273 e. The molecule has 3 aromatic heterocycles. The van der Waals surface area contributed by atoms with E-state index in [4.69, 9.17) is 20.8 Å². The van der Waals surface area contributed by atoms with E-state index in [2.05, 4.69) is 15.2 Å². The second-order valence-electron chi connectivity index (χ2n) is 7.95. The number of carbonyl (C=O) groups excluding carboxylic acids is 1. The molecule has 0 aliphatic carbocycles. The second-order valence-corrected chi connectivity index (χ2v) is 10.2. The number of halogens is 1. The number of thioether (sulfide) groups is 1. The zero-order chi connectivity index (χ0) is 23.7. The molecule has 8 nitrogen and oxygen atoms in total. The molecule has 1 aliphatic rings. The number of thiazole rings is 1. The zero-order valence-corrected chi connectivity index (χ0v) is 20.9. The molecule has 34 heavy (non-hydrogen) atoms. The summed E-state index contributed by atoms with van der Waals surface area (Å²) in [6.07, 6.45) is 1.62. The minimum absolute atomic E-state index is 0.0147. The van der Waals surface area contributed by atoms with Gasteiger partial charge in [0, 0.05) is 18.5 Å². The van der Waals surface area contributed by atoms with Gasteiger partial charge in [-0.2, -0.15) is 0 Å². The van der Waals surface area contributed by atoms with E-state index in [-0.39, 0.29) is 18.1 Å². The summed E-state index contributed by atoms with van der Waals surface area (Å²) in [5.74, 6) is 1.63. The molecule has 1 amide bonds. The van der Waals surface area contributed by atoms with Crippen molar-refractivity contribution in [2.75, 3.05) is 13.1 Å². The van der Waals surface area contributed by atoms with Gasteiger partial charge in [0.1, 0.15) is 10.7 Å². The SMILES string of the molecule is CC1CN(C(=O)c2csc(CSc3nnc(-c4ccco4)n3-c3ccccc3Cl)n2)CC(C)O1. The summed E-state index contributed by atoms with van der Waals surface area (Å²) in [5.41, 5.74) is 1.22. The Morgan fingerprint density at radius 1 is 1.18 bits per heavy atom. The molecule has 2 unspecified atom stereocenters. The molecular formula is C23H22ClN5O3S2. The van der Waals surface area contributed by atoms with Crippen LogP contribution in [0.1, 0.15) is 29.3 Å². The Bertz CT molecular complexity index is 1280. The van der Waals surface area contributed by atoms with Crippen LogP contribution in [0, 0.1) is 0 Å². The Balaban J connectivity index is 1.36. The third-order valence-corrected chi connectivity index (χ3v) is 7.56. The van der Waals surface area contributed by atoms with Crippen molar-refractivity contribution in [1.29, 1.82) is 0 Å². The monoisotopic (exact) mass is 515 g/mol. The first kappa shape index (κ1) is 23.1. The second kappa shape index (κ2) is 9.91. The summed E-state index contributed by atoms with van der Waals surface area (Å²) in [4.78, 5) is 19.4. The number of hydrogen-bond acceptors (Lipinski definition) is 8. The topological polar surface area (TPSA) is 86.3 Å². The van der Waals surface area contributed by atoms with Crippen LogP contribution in [-0.4, -0.2) is 55.9 Å². The third kappa shape index (κ3) is 4.76.